The highest BCUT2D eigenvalue weighted by molar-refractivity contribution is 5.73. The van der Waals surface area contributed by atoms with Crippen LogP contribution < -0.4 is 11.2 Å². The Morgan fingerprint density at radius 3 is 2.46 bits per heavy atom. The molecule has 0 radical (unpaired) electrons. The molecule has 0 saturated heterocycles. The van der Waals surface area contributed by atoms with Gasteiger partial charge in [-0.3, -0.25) is 18.9 Å². The van der Waals surface area contributed by atoms with Crippen LogP contribution in [0.15, 0.2) is 70.5 Å². The quantitative estimate of drug-likeness (QED) is 0.552. The van der Waals surface area contributed by atoms with E-state index in [4.69, 9.17) is 0 Å². The van der Waals surface area contributed by atoms with Crippen molar-refractivity contribution in [2.24, 2.45) is 0 Å². The molecule has 0 aliphatic heterocycles. The molecule has 0 aliphatic rings. The molecule has 0 spiro atoms. The number of hydrogen-bond donors (Lipinski definition) is 0. The molecule has 0 amide bonds. The van der Waals surface area contributed by atoms with Gasteiger partial charge in [0.25, 0.3) is 5.56 Å². The molecule has 0 fully saturated rings. The number of fused-ring (bicyclic) bond motifs is 1. The van der Waals surface area contributed by atoms with Crippen LogP contribution in [0.25, 0.3) is 11.0 Å². The predicted octanol–water partition coefficient (Wildman–Crippen LogP) is 2.67. The third-order valence-corrected chi connectivity index (χ3v) is 4.87. The molecule has 28 heavy (non-hydrogen) atoms. The smallest absolute Gasteiger partial charge is 0.287 e. The molecule has 4 rings (SSSR count). The van der Waals surface area contributed by atoms with E-state index in [1.807, 2.05) is 32.0 Å². The van der Waals surface area contributed by atoms with E-state index in [1.54, 1.807) is 41.2 Å². The lowest BCUT2D eigenvalue weighted by molar-refractivity contribution is 0.625. The topological polar surface area (TPSA) is 69.8 Å². The van der Waals surface area contributed by atoms with Gasteiger partial charge in [-0.1, -0.05) is 29.8 Å². The Kier molecular flexibility index (Phi) is 4.61. The molecule has 0 aliphatic carbocycles. The average Bonchev–Trinajstić information content (AvgIpc) is 2.71. The van der Waals surface area contributed by atoms with Gasteiger partial charge in [0.1, 0.15) is 0 Å². The van der Waals surface area contributed by atoms with Crippen molar-refractivity contribution in [3.8, 4) is 0 Å². The molecular weight excluding hydrogens is 352 g/mol. The van der Waals surface area contributed by atoms with Crippen molar-refractivity contribution < 1.29 is 0 Å². The second-order valence-corrected chi connectivity index (χ2v) is 6.88. The van der Waals surface area contributed by atoms with Gasteiger partial charge in [0, 0.05) is 12.4 Å². The monoisotopic (exact) mass is 372 g/mol. The largest absolute Gasteiger partial charge is 0.332 e. The SMILES string of the molecule is Cc1ccc(C)c(Cn2c(=O)n(Cc3ccccn3)c(=O)c3ncccc32)c1. The van der Waals surface area contributed by atoms with Crippen LogP contribution in [0.2, 0.25) is 0 Å². The first-order chi connectivity index (χ1) is 13.5. The fraction of sp³-hybridized carbons (Fsp3) is 0.182. The molecule has 6 heteroatoms. The molecule has 6 nitrogen and oxygen atoms in total. The van der Waals surface area contributed by atoms with Crippen molar-refractivity contribution >= 4 is 11.0 Å². The number of nitrogens with zero attached hydrogens (tertiary/aromatic N) is 4. The van der Waals surface area contributed by atoms with Crippen LogP contribution in [-0.4, -0.2) is 19.1 Å². The van der Waals surface area contributed by atoms with Crippen molar-refractivity contribution in [2.75, 3.05) is 0 Å². The normalized spacial score (nSPS) is 11.1. The summed E-state index contributed by atoms with van der Waals surface area (Å²) < 4.78 is 2.83. The predicted molar refractivity (Wildman–Crippen MR) is 109 cm³/mol. The van der Waals surface area contributed by atoms with Gasteiger partial charge in [-0.15, -0.1) is 0 Å². The van der Waals surface area contributed by atoms with Gasteiger partial charge in [0.15, 0.2) is 5.52 Å². The highest BCUT2D eigenvalue weighted by atomic mass is 16.2. The maximum Gasteiger partial charge on any atom is 0.332 e. The number of aromatic nitrogens is 4. The first kappa shape index (κ1) is 17.9. The van der Waals surface area contributed by atoms with E-state index >= 15 is 0 Å². The van der Waals surface area contributed by atoms with Gasteiger partial charge >= 0.3 is 5.69 Å². The first-order valence-electron chi connectivity index (χ1n) is 9.09. The zero-order chi connectivity index (χ0) is 19.7. The maximum atomic E-state index is 13.3. The van der Waals surface area contributed by atoms with E-state index in [2.05, 4.69) is 16.0 Å². The Labute approximate surface area is 161 Å². The molecular formula is C22H20N4O2. The van der Waals surface area contributed by atoms with Crippen LogP contribution in [-0.2, 0) is 13.1 Å². The minimum absolute atomic E-state index is 0.109. The fourth-order valence-corrected chi connectivity index (χ4v) is 3.33. The summed E-state index contributed by atoms with van der Waals surface area (Å²) in [7, 11) is 0. The number of rotatable bonds is 4. The van der Waals surface area contributed by atoms with Gasteiger partial charge in [0.05, 0.1) is 24.3 Å². The molecule has 0 bridgehead atoms. The molecule has 140 valence electrons. The molecule has 0 N–H and O–H groups in total. The molecule has 3 heterocycles. The minimum atomic E-state index is -0.400. The first-order valence-corrected chi connectivity index (χ1v) is 9.09. The van der Waals surface area contributed by atoms with Gasteiger partial charge in [-0.2, -0.15) is 0 Å². The standard InChI is InChI=1S/C22H20N4O2/c1-15-8-9-16(2)17(12-15)13-25-19-7-5-11-24-20(19)21(27)26(22(25)28)14-18-6-3-4-10-23-18/h3-12H,13-14H2,1-2H3. The van der Waals surface area contributed by atoms with E-state index < -0.39 is 5.56 Å². The maximum absolute atomic E-state index is 13.3. The molecule has 0 saturated carbocycles. The van der Waals surface area contributed by atoms with Crippen molar-refractivity contribution in [3.05, 3.63) is 104 Å². The summed E-state index contributed by atoms with van der Waals surface area (Å²) in [4.78, 5) is 34.7. The lowest BCUT2D eigenvalue weighted by atomic mass is 10.1. The fourth-order valence-electron chi connectivity index (χ4n) is 3.33. The van der Waals surface area contributed by atoms with Gasteiger partial charge in [0.2, 0.25) is 0 Å². The van der Waals surface area contributed by atoms with Crippen LogP contribution >= 0.6 is 0 Å². The second kappa shape index (κ2) is 7.23. The lowest BCUT2D eigenvalue weighted by Gasteiger charge is -2.15. The Morgan fingerprint density at radius 1 is 0.857 bits per heavy atom. The van der Waals surface area contributed by atoms with Crippen molar-refractivity contribution in [3.63, 3.8) is 0 Å². The Morgan fingerprint density at radius 2 is 1.68 bits per heavy atom. The summed E-state index contributed by atoms with van der Waals surface area (Å²) in [5.41, 5.74) is 3.96. The number of hydrogen-bond acceptors (Lipinski definition) is 4. The zero-order valence-electron chi connectivity index (χ0n) is 15.8. The summed E-state index contributed by atoms with van der Waals surface area (Å²) in [6, 6.07) is 15.1. The summed E-state index contributed by atoms with van der Waals surface area (Å²) >= 11 is 0. The van der Waals surface area contributed by atoms with Crippen LogP contribution in [0, 0.1) is 13.8 Å². The number of aryl methyl sites for hydroxylation is 2. The number of benzene rings is 1. The summed E-state index contributed by atoms with van der Waals surface area (Å²) in [5.74, 6) is 0. The van der Waals surface area contributed by atoms with E-state index in [9.17, 15) is 9.59 Å². The van der Waals surface area contributed by atoms with Crippen LogP contribution in [0.5, 0.6) is 0 Å². The highest BCUT2D eigenvalue weighted by Crippen LogP contribution is 2.14. The average molecular weight is 372 g/mol. The van der Waals surface area contributed by atoms with Gasteiger partial charge < -0.3 is 0 Å². The van der Waals surface area contributed by atoms with Gasteiger partial charge in [-0.25, -0.2) is 9.78 Å². The van der Waals surface area contributed by atoms with Crippen LogP contribution in [0.4, 0.5) is 0 Å². The summed E-state index contributed by atoms with van der Waals surface area (Å²) in [5, 5.41) is 0. The highest BCUT2D eigenvalue weighted by Gasteiger charge is 2.15. The second-order valence-electron chi connectivity index (χ2n) is 6.88. The number of pyridine rings is 2. The summed E-state index contributed by atoms with van der Waals surface area (Å²) in [6.45, 7) is 4.52. The Bertz CT molecular complexity index is 1270. The molecule has 4 aromatic rings. The van der Waals surface area contributed by atoms with E-state index in [-0.39, 0.29) is 17.8 Å². The Balaban J connectivity index is 1.93. The van der Waals surface area contributed by atoms with Gasteiger partial charge in [-0.05, 0) is 49.2 Å². The Hall–Kier alpha value is -3.54. The van der Waals surface area contributed by atoms with Crippen LogP contribution in [0.3, 0.4) is 0 Å². The van der Waals surface area contributed by atoms with Crippen LogP contribution in [0.1, 0.15) is 22.4 Å². The molecule has 1 aromatic carbocycles. The van der Waals surface area contributed by atoms with E-state index in [0.717, 1.165) is 16.7 Å². The van der Waals surface area contributed by atoms with Crippen molar-refractivity contribution in [1.82, 2.24) is 19.1 Å². The third-order valence-electron chi connectivity index (χ3n) is 4.87. The van der Waals surface area contributed by atoms with Crippen molar-refractivity contribution in [2.45, 2.75) is 26.9 Å². The van der Waals surface area contributed by atoms with E-state index in [0.29, 0.717) is 17.8 Å². The molecule has 0 unspecified atom stereocenters. The minimum Gasteiger partial charge on any atom is -0.287 e. The lowest BCUT2D eigenvalue weighted by Crippen LogP contribution is -2.41. The summed E-state index contributed by atoms with van der Waals surface area (Å²) in [6.07, 6.45) is 3.22. The van der Waals surface area contributed by atoms with E-state index in [1.165, 1.54) is 4.57 Å². The zero-order valence-corrected chi connectivity index (χ0v) is 15.8. The van der Waals surface area contributed by atoms with Crippen molar-refractivity contribution in [1.29, 1.82) is 0 Å². The molecule has 0 atom stereocenters. The molecule has 3 aromatic heterocycles. The third kappa shape index (κ3) is 3.24.